The molecule has 2 rings (SSSR count). The molecule has 2 atom stereocenters. The average molecular weight is 571 g/mol. The van der Waals surface area contributed by atoms with Crippen molar-refractivity contribution in [2.75, 3.05) is 17.1 Å². The van der Waals surface area contributed by atoms with Crippen LogP contribution < -0.4 is 9.62 Å². The van der Waals surface area contributed by atoms with Crippen molar-refractivity contribution in [2.24, 2.45) is 0 Å². The van der Waals surface area contributed by atoms with E-state index in [1.807, 2.05) is 32.9 Å². The van der Waals surface area contributed by atoms with Gasteiger partial charge in [-0.1, -0.05) is 55.2 Å². The Bertz CT molecular complexity index is 1170. The van der Waals surface area contributed by atoms with Crippen molar-refractivity contribution >= 4 is 50.7 Å². The van der Waals surface area contributed by atoms with Gasteiger partial charge in [0.25, 0.3) is 0 Å². The molecule has 2 amide bonds. The van der Waals surface area contributed by atoms with Crippen molar-refractivity contribution < 1.29 is 18.0 Å². The van der Waals surface area contributed by atoms with E-state index >= 15 is 0 Å². The van der Waals surface area contributed by atoms with E-state index < -0.39 is 16.1 Å². The number of anilines is 1. The van der Waals surface area contributed by atoms with E-state index in [0.717, 1.165) is 18.2 Å². The van der Waals surface area contributed by atoms with Crippen molar-refractivity contribution in [3.8, 4) is 0 Å². The van der Waals surface area contributed by atoms with Crippen LogP contribution in [0.4, 0.5) is 5.69 Å². The van der Waals surface area contributed by atoms with Gasteiger partial charge in [0.2, 0.25) is 21.8 Å². The van der Waals surface area contributed by atoms with Crippen LogP contribution >= 0.6 is 23.2 Å². The highest BCUT2D eigenvalue weighted by atomic mass is 35.5. The molecule has 0 aromatic heterocycles. The van der Waals surface area contributed by atoms with Crippen LogP contribution in [0.15, 0.2) is 42.5 Å². The van der Waals surface area contributed by atoms with Gasteiger partial charge in [0.1, 0.15) is 6.04 Å². The molecule has 0 bridgehead atoms. The third kappa shape index (κ3) is 8.90. The minimum atomic E-state index is -3.61. The Hall–Kier alpha value is -2.29. The molecule has 0 heterocycles. The smallest absolute Gasteiger partial charge is 0.243 e. The van der Waals surface area contributed by atoms with E-state index in [1.54, 1.807) is 42.2 Å². The van der Waals surface area contributed by atoms with Crippen LogP contribution in [-0.2, 0) is 26.2 Å². The van der Waals surface area contributed by atoms with E-state index in [2.05, 4.69) is 5.32 Å². The normalized spacial score (nSPS) is 13.1. The van der Waals surface area contributed by atoms with Crippen molar-refractivity contribution in [1.29, 1.82) is 0 Å². The number of carbonyl (C=O) groups is 2. The summed E-state index contributed by atoms with van der Waals surface area (Å²) < 4.78 is 26.4. The fraction of sp³-hybridized carbons (Fsp3) is 0.481. The van der Waals surface area contributed by atoms with E-state index in [9.17, 15) is 18.0 Å². The molecule has 0 saturated carbocycles. The second-order valence-electron chi connectivity index (χ2n) is 9.21. The highest BCUT2D eigenvalue weighted by molar-refractivity contribution is 7.92. The first-order valence-corrected chi connectivity index (χ1v) is 15.1. The lowest BCUT2D eigenvalue weighted by molar-refractivity contribution is -0.141. The van der Waals surface area contributed by atoms with Crippen LogP contribution in [-0.4, -0.2) is 50.0 Å². The summed E-state index contributed by atoms with van der Waals surface area (Å²) in [5.41, 5.74) is 1.98. The lowest BCUT2D eigenvalue weighted by atomic mass is 10.1. The predicted molar refractivity (Wildman–Crippen MR) is 152 cm³/mol. The highest BCUT2D eigenvalue weighted by Crippen LogP contribution is 2.28. The summed E-state index contributed by atoms with van der Waals surface area (Å²) >= 11 is 12.2. The number of nitrogens with zero attached hydrogens (tertiary/aromatic N) is 2. The first-order valence-electron chi connectivity index (χ1n) is 12.5. The molecule has 0 saturated heterocycles. The van der Waals surface area contributed by atoms with E-state index in [-0.39, 0.29) is 43.8 Å². The molecule has 0 aliphatic carbocycles. The van der Waals surface area contributed by atoms with Crippen LogP contribution in [0.1, 0.15) is 57.6 Å². The topological polar surface area (TPSA) is 86.8 Å². The minimum absolute atomic E-state index is 0.0155. The van der Waals surface area contributed by atoms with Crippen molar-refractivity contribution in [3.63, 3.8) is 0 Å². The van der Waals surface area contributed by atoms with Crippen LogP contribution in [0.2, 0.25) is 10.0 Å². The van der Waals surface area contributed by atoms with Gasteiger partial charge in [0.15, 0.2) is 0 Å². The lowest BCUT2D eigenvalue weighted by Crippen LogP contribution is -2.50. The Morgan fingerprint density at radius 2 is 1.68 bits per heavy atom. The summed E-state index contributed by atoms with van der Waals surface area (Å²) in [6.07, 6.45) is 2.70. The van der Waals surface area contributed by atoms with Crippen molar-refractivity contribution in [2.45, 2.75) is 72.0 Å². The number of halogens is 2. The van der Waals surface area contributed by atoms with E-state index in [1.165, 1.54) is 4.31 Å². The second-order valence-corrected chi connectivity index (χ2v) is 12.0. The standard InChI is InChI=1S/C27H37Cl2N3O4S/c1-6-19(3)30-27(34)24(7-2)31(18-21-13-15-22(28)16-14-21)26(33)12-9-17-32(37(5,35)36)25-11-8-10-23(29)20(25)4/h8,10-11,13-16,19,24H,6-7,9,12,17-18H2,1-5H3,(H,30,34)/t19-,24+/m1/s1. The van der Waals surface area contributed by atoms with Crippen LogP contribution in [0.25, 0.3) is 0 Å². The monoisotopic (exact) mass is 569 g/mol. The van der Waals surface area contributed by atoms with Gasteiger partial charge in [-0.2, -0.15) is 0 Å². The number of nitrogens with one attached hydrogen (secondary N) is 1. The van der Waals surface area contributed by atoms with Crippen LogP contribution in [0.5, 0.6) is 0 Å². The molecular formula is C27H37Cl2N3O4S. The maximum Gasteiger partial charge on any atom is 0.243 e. The Balaban J connectivity index is 2.25. The van der Waals surface area contributed by atoms with Gasteiger partial charge in [-0.05, 0) is 68.5 Å². The summed E-state index contributed by atoms with van der Waals surface area (Å²) in [7, 11) is -3.61. The zero-order valence-corrected chi connectivity index (χ0v) is 24.5. The number of hydrogen-bond donors (Lipinski definition) is 1. The number of sulfonamides is 1. The van der Waals surface area contributed by atoms with Gasteiger partial charge in [0, 0.05) is 35.6 Å². The van der Waals surface area contributed by atoms with Crippen LogP contribution in [0, 0.1) is 6.92 Å². The molecule has 1 N–H and O–H groups in total. The SMILES string of the molecule is CC[C@@H](C)NC(=O)[C@H](CC)N(Cc1ccc(Cl)cc1)C(=O)CCCN(c1cccc(Cl)c1C)S(C)(=O)=O. The molecule has 7 nitrogen and oxygen atoms in total. The molecule has 0 unspecified atom stereocenters. The van der Waals surface area contributed by atoms with Gasteiger partial charge in [0.05, 0.1) is 11.9 Å². The highest BCUT2D eigenvalue weighted by Gasteiger charge is 2.29. The number of amides is 2. The third-order valence-electron chi connectivity index (χ3n) is 6.31. The predicted octanol–water partition coefficient (Wildman–Crippen LogP) is 5.57. The Labute approximate surface area is 231 Å². The number of benzene rings is 2. The molecule has 204 valence electrons. The quantitative estimate of drug-likeness (QED) is 0.341. The minimum Gasteiger partial charge on any atom is -0.352 e. The molecule has 0 radical (unpaired) electrons. The number of carbonyl (C=O) groups excluding carboxylic acids is 2. The third-order valence-corrected chi connectivity index (χ3v) is 8.15. The Kier molecular flexibility index (Phi) is 11.7. The molecule has 37 heavy (non-hydrogen) atoms. The number of rotatable bonds is 13. The fourth-order valence-corrected chi connectivity index (χ4v) is 5.31. The largest absolute Gasteiger partial charge is 0.352 e. The Morgan fingerprint density at radius 1 is 1.03 bits per heavy atom. The van der Waals surface area contributed by atoms with E-state index in [0.29, 0.717) is 27.7 Å². The molecule has 0 aliphatic rings. The van der Waals surface area contributed by atoms with Gasteiger partial charge in [-0.3, -0.25) is 13.9 Å². The summed E-state index contributed by atoms with van der Waals surface area (Å²) in [6.45, 7) is 7.89. The molecule has 0 aliphatic heterocycles. The molecule has 0 spiro atoms. The molecule has 2 aromatic rings. The first kappa shape index (κ1) is 30.9. The molecule has 2 aromatic carbocycles. The van der Waals surface area contributed by atoms with Crippen molar-refractivity contribution in [3.05, 3.63) is 63.6 Å². The van der Waals surface area contributed by atoms with E-state index in [4.69, 9.17) is 23.2 Å². The maximum absolute atomic E-state index is 13.5. The zero-order valence-electron chi connectivity index (χ0n) is 22.1. The zero-order chi connectivity index (χ0) is 27.8. The first-order chi connectivity index (χ1) is 17.4. The fourth-order valence-electron chi connectivity index (χ4n) is 4.00. The Morgan fingerprint density at radius 3 is 2.24 bits per heavy atom. The van der Waals surface area contributed by atoms with Crippen LogP contribution in [0.3, 0.4) is 0 Å². The van der Waals surface area contributed by atoms with Gasteiger partial charge < -0.3 is 10.2 Å². The molecular weight excluding hydrogens is 533 g/mol. The second kappa shape index (κ2) is 14.0. The van der Waals surface area contributed by atoms with Gasteiger partial charge in [-0.25, -0.2) is 8.42 Å². The molecule has 10 heteroatoms. The average Bonchev–Trinajstić information content (AvgIpc) is 2.84. The maximum atomic E-state index is 13.5. The summed E-state index contributed by atoms with van der Waals surface area (Å²) in [6, 6.07) is 11.6. The van der Waals surface area contributed by atoms with Gasteiger partial charge in [-0.15, -0.1) is 0 Å². The number of hydrogen-bond acceptors (Lipinski definition) is 4. The summed E-state index contributed by atoms with van der Waals surface area (Å²) in [5, 5.41) is 4.03. The van der Waals surface area contributed by atoms with Gasteiger partial charge >= 0.3 is 0 Å². The lowest BCUT2D eigenvalue weighted by Gasteiger charge is -2.32. The van der Waals surface area contributed by atoms with Crippen molar-refractivity contribution in [1.82, 2.24) is 10.2 Å². The molecule has 0 fully saturated rings. The summed E-state index contributed by atoms with van der Waals surface area (Å²) in [5.74, 6) is -0.427. The summed E-state index contributed by atoms with van der Waals surface area (Å²) in [4.78, 5) is 28.1.